The molecule has 0 radical (unpaired) electrons. The molecule has 3 aliphatic heterocycles. The molecule has 0 aliphatic carbocycles. The monoisotopic (exact) mass is 1300 g/mol. The summed E-state index contributed by atoms with van der Waals surface area (Å²) in [5.41, 5.74) is 0.0238. The number of hydrogen-bond donors (Lipinski definition) is 6. The number of ether oxygens (including phenoxy) is 12. The molecule has 23 heteroatoms. The molecule has 6 N–H and O–H groups in total. The molecule has 502 valence electrons. The van der Waals surface area contributed by atoms with Gasteiger partial charge in [-0.2, -0.15) is 0 Å². The molecule has 0 spiro atoms. The summed E-state index contributed by atoms with van der Waals surface area (Å²) >= 11 is 0. The van der Waals surface area contributed by atoms with E-state index < -0.39 is 107 Å². The Balaban J connectivity index is 1.37. The van der Waals surface area contributed by atoms with Crippen LogP contribution < -0.4 is 52.1 Å². The first-order valence-corrected chi connectivity index (χ1v) is 31.6. The second kappa shape index (κ2) is 30.4. The number of fused-ring (bicyclic) bond motifs is 3. The van der Waals surface area contributed by atoms with Crippen LogP contribution in [0, 0.1) is 0 Å². The molecule has 8 atom stereocenters. The molecule has 0 amide bonds. The molecular formula is C71H80O23. The molecule has 3 heterocycles. The van der Waals surface area contributed by atoms with Crippen molar-refractivity contribution in [3.8, 4) is 86.2 Å². The van der Waals surface area contributed by atoms with Gasteiger partial charge in [0, 0.05) is 98.7 Å². The lowest BCUT2D eigenvalue weighted by atomic mass is 9.73. The van der Waals surface area contributed by atoms with E-state index in [0.29, 0.717) is 55.5 Å². The summed E-state index contributed by atoms with van der Waals surface area (Å²) in [4.78, 5) is 64.7. The fraction of sp³-hybridized carbons (Fsp3) is 0.423. The lowest BCUT2D eigenvalue weighted by molar-refractivity contribution is -0.152. The maximum absolute atomic E-state index is 13.6. The molecule has 3 aliphatic rings. The zero-order chi connectivity index (χ0) is 67.7. The van der Waals surface area contributed by atoms with Crippen molar-refractivity contribution in [3.63, 3.8) is 0 Å². The third kappa shape index (κ3) is 15.2. The second-order valence-corrected chi connectivity index (χ2v) is 23.2. The number of unbranched alkanes of at least 4 members (excludes halogenated alkanes) is 4. The lowest BCUT2D eigenvalue weighted by Gasteiger charge is -2.43. The van der Waals surface area contributed by atoms with E-state index in [4.69, 9.17) is 56.8 Å². The van der Waals surface area contributed by atoms with Gasteiger partial charge in [0.25, 0.3) is 0 Å². The average Bonchev–Trinajstić information content (AvgIpc) is 0.713. The van der Waals surface area contributed by atoms with Crippen LogP contribution in [0.3, 0.4) is 0 Å². The van der Waals surface area contributed by atoms with Gasteiger partial charge in [0.1, 0.15) is 70.1 Å². The first-order valence-electron chi connectivity index (χ1n) is 31.6. The van der Waals surface area contributed by atoms with E-state index in [1.165, 1.54) is 30.3 Å². The number of aromatic hydroxyl groups is 4. The largest absolute Gasteiger partial charge is 0.507 e. The number of phenolic OH excluding ortho intramolecular Hbond substituents is 4. The molecule has 0 aromatic heterocycles. The minimum Gasteiger partial charge on any atom is -0.507 e. The maximum atomic E-state index is 13.6. The van der Waals surface area contributed by atoms with E-state index in [9.17, 15) is 54.6 Å². The second-order valence-electron chi connectivity index (χ2n) is 23.2. The Hall–Kier alpha value is -9.61. The van der Waals surface area contributed by atoms with Gasteiger partial charge in [-0.05, 0) is 73.2 Å². The zero-order valence-electron chi connectivity index (χ0n) is 53.9. The molecule has 94 heavy (non-hydrogen) atoms. The minimum atomic E-state index is -1.98. The van der Waals surface area contributed by atoms with Gasteiger partial charge in [0.05, 0.1) is 38.3 Å². The van der Waals surface area contributed by atoms with Crippen molar-refractivity contribution in [2.45, 2.75) is 169 Å². The number of rotatable bonds is 26. The molecule has 8 unspecified atom stereocenters. The van der Waals surface area contributed by atoms with Gasteiger partial charge in [-0.3, -0.25) is 24.0 Å². The van der Waals surface area contributed by atoms with Crippen LogP contribution in [0.2, 0.25) is 0 Å². The smallest absolute Gasteiger partial charge is 0.308 e. The number of carbonyl (C=O) groups is 5. The Morgan fingerprint density at radius 3 is 1.48 bits per heavy atom. The van der Waals surface area contributed by atoms with Crippen molar-refractivity contribution < 1.29 is 111 Å². The van der Waals surface area contributed by atoms with Gasteiger partial charge in [0.15, 0.2) is 52.8 Å². The van der Waals surface area contributed by atoms with Crippen molar-refractivity contribution >= 4 is 29.8 Å². The predicted molar refractivity (Wildman–Crippen MR) is 337 cm³/mol. The van der Waals surface area contributed by atoms with Gasteiger partial charge < -0.3 is 87.5 Å². The highest BCUT2D eigenvalue weighted by Crippen LogP contribution is 2.63. The van der Waals surface area contributed by atoms with Crippen molar-refractivity contribution in [1.82, 2.24) is 0 Å². The van der Waals surface area contributed by atoms with Crippen LogP contribution in [-0.4, -0.2) is 105 Å². The SMILES string of the molecule is CCCCOc1cc(OCCCC)c2c(c1)OC(c1ccc(OCCCC)c(OCCCC)c1)C(O)C2c1c(O)cc(O)c2c1OC(c1ccc(O)c(O)c1)C(O)C2c1c(OC(C)=O)cc(OC(C)=O)c2c1OC(c1ccc(OC(C)=O)c(OC(C)=O)c1)C(OC(C)=O)C2. The van der Waals surface area contributed by atoms with E-state index in [1.807, 2.05) is 27.7 Å². The van der Waals surface area contributed by atoms with Crippen LogP contribution in [0.4, 0.5) is 0 Å². The highest BCUT2D eigenvalue weighted by molar-refractivity contribution is 5.78. The maximum Gasteiger partial charge on any atom is 0.308 e. The van der Waals surface area contributed by atoms with Crippen molar-refractivity contribution in [1.29, 1.82) is 0 Å². The van der Waals surface area contributed by atoms with Crippen LogP contribution in [0.5, 0.6) is 86.2 Å². The fourth-order valence-corrected chi connectivity index (χ4v) is 11.9. The number of benzene rings is 6. The van der Waals surface area contributed by atoms with E-state index in [2.05, 4.69) is 0 Å². The molecule has 0 bridgehead atoms. The summed E-state index contributed by atoms with van der Waals surface area (Å²) < 4.78 is 75.2. The number of phenols is 4. The number of hydrogen-bond acceptors (Lipinski definition) is 23. The molecule has 0 saturated carbocycles. The van der Waals surface area contributed by atoms with E-state index in [0.717, 1.165) is 91.3 Å². The van der Waals surface area contributed by atoms with Crippen molar-refractivity contribution in [2.75, 3.05) is 26.4 Å². The first-order chi connectivity index (χ1) is 45.0. The predicted octanol–water partition coefficient (Wildman–Crippen LogP) is 11.8. The standard InChI is InChI=1S/C71H80O23/c1-10-14-24-83-44-31-55(86-27-17-13-4)61-56(32-44)92-68(43-19-22-50(84-25-15-11-2)53(29-43)85-26-16-12-3)65(81)63(61)59-48(79)34-49(80)60-64(66(82)69(94-71(59)60)41-18-21-46(77)47(78)28-41)62-57(90-39(8)75)35-52(88-37(6)73)45-33-58(91-40(9)76)67(93-70(45)62)42-20-23-51(87-36(5)72)54(30-42)89-38(7)74/h18-23,28-32,34-35,58,63-69,77-82H,10-17,24-27,33H2,1-9H3. The van der Waals surface area contributed by atoms with Gasteiger partial charge in [-0.25, -0.2) is 0 Å². The van der Waals surface area contributed by atoms with Crippen LogP contribution >= 0.6 is 0 Å². The Kier molecular flexibility index (Phi) is 22.3. The third-order valence-electron chi connectivity index (χ3n) is 16.1. The molecule has 6 aromatic rings. The molecule has 9 rings (SSSR count). The summed E-state index contributed by atoms with van der Waals surface area (Å²) in [5.74, 6) is -10.2. The summed E-state index contributed by atoms with van der Waals surface area (Å²) in [7, 11) is 0. The Bertz CT molecular complexity index is 3780. The summed E-state index contributed by atoms with van der Waals surface area (Å²) in [6, 6.07) is 18.4. The Morgan fingerprint density at radius 2 is 0.894 bits per heavy atom. The van der Waals surface area contributed by atoms with E-state index in [1.54, 1.807) is 30.3 Å². The average molecular weight is 1300 g/mol. The molecule has 0 fully saturated rings. The number of aliphatic hydroxyl groups is 2. The normalized spacial score (nSPS) is 19.3. The van der Waals surface area contributed by atoms with Crippen molar-refractivity contribution in [2.24, 2.45) is 0 Å². The highest BCUT2D eigenvalue weighted by Gasteiger charge is 2.52. The quantitative estimate of drug-likeness (QED) is 0.0127. The fourth-order valence-electron chi connectivity index (χ4n) is 11.9. The van der Waals surface area contributed by atoms with Gasteiger partial charge in [-0.1, -0.05) is 71.6 Å². The molecule has 23 nitrogen and oxygen atoms in total. The first kappa shape index (κ1) is 68.7. The van der Waals surface area contributed by atoms with Gasteiger partial charge >= 0.3 is 29.8 Å². The summed E-state index contributed by atoms with van der Waals surface area (Å²) in [5, 5.41) is 74.6. The Labute approximate surface area is 543 Å². The highest BCUT2D eigenvalue weighted by atomic mass is 16.6. The minimum absolute atomic E-state index is 0.000168. The topological polar surface area (TPSA) is 317 Å². The van der Waals surface area contributed by atoms with E-state index >= 15 is 0 Å². The molecular weight excluding hydrogens is 1220 g/mol. The van der Waals surface area contributed by atoms with Crippen LogP contribution in [0.25, 0.3) is 0 Å². The number of esters is 5. The van der Waals surface area contributed by atoms with Gasteiger partial charge in [-0.15, -0.1) is 0 Å². The molecule has 0 saturated heterocycles. The van der Waals surface area contributed by atoms with Crippen LogP contribution in [-0.2, 0) is 35.1 Å². The third-order valence-corrected chi connectivity index (χ3v) is 16.1. The lowest BCUT2D eigenvalue weighted by Crippen LogP contribution is -2.39. The summed E-state index contributed by atoms with van der Waals surface area (Å²) in [6.45, 7) is 14.9. The van der Waals surface area contributed by atoms with E-state index in [-0.39, 0.29) is 92.2 Å². The summed E-state index contributed by atoms with van der Waals surface area (Å²) in [6.07, 6.45) is -3.78. The Morgan fingerprint density at radius 1 is 0.415 bits per heavy atom. The van der Waals surface area contributed by atoms with Crippen LogP contribution in [0.15, 0.2) is 78.9 Å². The van der Waals surface area contributed by atoms with Crippen molar-refractivity contribution in [3.05, 3.63) is 123 Å². The van der Waals surface area contributed by atoms with Gasteiger partial charge in [0.2, 0.25) is 0 Å². The zero-order valence-corrected chi connectivity index (χ0v) is 53.9. The van der Waals surface area contributed by atoms with Crippen LogP contribution in [0.1, 0.15) is 188 Å². The number of carbonyl (C=O) groups excluding carboxylic acids is 5. The molecule has 6 aromatic carbocycles. The number of aliphatic hydroxyl groups excluding tert-OH is 2.